The predicted molar refractivity (Wildman–Crippen MR) is 64.9 cm³/mol. The normalized spacial score (nSPS) is 22.1. The molecule has 0 bridgehead atoms. The zero-order chi connectivity index (χ0) is 10.8. The molecule has 1 fully saturated rings. The highest BCUT2D eigenvalue weighted by molar-refractivity contribution is 6.31. The Morgan fingerprint density at radius 1 is 1.53 bits per heavy atom. The molecule has 1 aliphatic rings. The van der Waals surface area contributed by atoms with Gasteiger partial charge >= 0.3 is 0 Å². The van der Waals surface area contributed by atoms with Gasteiger partial charge in [0.1, 0.15) is 0 Å². The van der Waals surface area contributed by atoms with Gasteiger partial charge in [0.25, 0.3) is 0 Å². The van der Waals surface area contributed by atoms with Crippen LogP contribution < -0.4 is 5.73 Å². The number of anilines is 1. The van der Waals surface area contributed by atoms with Crippen molar-refractivity contribution in [1.29, 1.82) is 0 Å². The lowest BCUT2D eigenvalue weighted by atomic mass is 10.1. The van der Waals surface area contributed by atoms with Crippen LogP contribution in [-0.2, 0) is 6.54 Å². The second-order valence-corrected chi connectivity index (χ2v) is 4.84. The first-order chi connectivity index (χ1) is 7.16. The van der Waals surface area contributed by atoms with E-state index < -0.39 is 0 Å². The Bertz CT molecular complexity index is 331. The maximum Gasteiger partial charge on any atom is 0.0471 e. The van der Waals surface area contributed by atoms with Gasteiger partial charge in [-0.3, -0.25) is 4.90 Å². The summed E-state index contributed by atoms with van der Waals surface area (Å²) < 4.78 is 0. The van der Waals surface area contributed by atoms with Crippen LogP contribution in [0.5, 0.6) is 0 Å². The Balaban J connectivity index is 2.10. The van der Waals surface area contributed by atoms with E-state index in [0.29, 0.717) is 0 Å². The monoisotopic (exact) mass is 224 g/mol. The molecule has 1 aromatic carbocycles. The van der Waals surface area contributed by atoms with Gasteiger partial charge in [0, 0.05) is 29.4 Å². The van der Waals surface area contributed by atoms with Gasteiger partial charge in [-0.25, -0.2) is 0 Å². The molecule has 1 aliphatic heterocycles. The Kier molecular flexibility index (Phi) is 3.17. The fraction of sp³-hybridized carbons (Fsp3) is 0.500. The van der Waals surface area contributed by atoms with Crippen molar-refractivity contribution < 1.29 is 0 Å². The third-order valence-corrected chi connectivity index (χ3v) is 3.40. The molecule has 0 aliphatic carbocycles. The molecule has 3 heteroatoms. The molecule has 82 valence electrons. The lowest BCUT2D eigenvalue weighted by Gasteiger charge is -2.17. The Morgan fingerprint density at radius 3 is 2.93 bits per heavy atom. The molecule has 0 aromatic heterocycles. The molecule has 0 amide bonds. The average Bonchev–Trinajstić information content (AvgIpc) is 2.58. The van der Waals surface area contributed by atoms with Crippen LogP contribution in [0.25, 0.3) is 0 Å². The molecule has 2 rings (SSSR count). The van der Waals surface area contributed by atoms with E-state index in [9.17, 15) is 0 Å². The SMILES string of the molecule is CC1CCN(Cc2c(N)cccc2Cl)C1. The van der Waals surface area contributed by atoms with Gasteiger partial charge in [-0.1, -0.05) is 24.6 Å². The molecule has 2 nitrogen and oxygen atoms in total. The molecule has 0 saturated carbocycles. The molecule has 1 unspecified atom stereocenters. The summed E-state index contributed by atoms with van der Waals surface area (Å²) in [7, 11) is 0. The highest BCUT2D eigenvalue weighted by Gasteiger charge is 2.19. The van der Waals surface area contributed by atoms with Crippen molar-refractivity contribution in [2.45, 2.75) is 19.9 Å². The number of nitrogen functional groups attached to an aromatic ring is 1. The summed E-state index contributed by atoms with van der Waals surface area (Å²) in [6.07, 6.45) is 1.28. The van der Waals surface area contributed by atoms with Crippen LogP contribution in [0, 0.1) is 5.92 Å². The van der Waals surface area contributed by atoms with E-state index in [1.54, 1.807) is 0 Å². The molecular weight excluding hydrogens is 208 g/mol. The van der Waals surface area contributed by atoms with Gasteiger partial charge in [-0.15, -0.1) is 0 Å². The van der Waals surface area contributed by atoms with E-state index in [1.807, 2.05) is 18.2 Å². The maximum atomic E-state index is 6.14. The Morgan fingerprint density at radius 2 is 2.33 bits per heavy atom. The van der Waals surface area contributed by atoms with E-state index in [4.69, 9.17) is 17.3 Å². The van der Waals surface area contributed by atoms with Crippen LogP contribution in [0.15, 0.2) is 18.2 Å². The van der Waals surface area contributed by atoms with Gasteiger partial charge in [0.15, 0.2) is 0 Å². The topological polar surface area (TPSA) is 29.3 Å². The highest BCUT2D eigenvalue weighted by atomic mass is 35.5. The van der Waals surface area contributed by atoms with Crippen LogP contribution in [0.3, 0.4) is 0 Å². The van der Waals surface area contributed by atoms with Crippen molar-refractivity contribution in [2.24, 2.45) is 5.92 Å². The van der Waals surface area contributed by atoms with Crippen molar-refractivity contribution in [1.82, 2.24) is 4.90 Å². The standard InChI is InChI=1S/C12H17ClN2/c1-9-5-6-15(7-9)8-10-11(13)3-2-4-12(10)14/h2-4,9H,5-8,14H2,1H3. The average molecular weight is 225 g/mol. The number of benzene rings is 1. The molecule has 0 spiro atoms. The lowest BCUT2D eigenvalue weighted by Crippen LogP contribution is -2.20. The highest BCUT2D eigenvalue weighted by Crippen LogP contribution is 2.26. The molecule has 1 aromatic rings. The largest absolute Gasteiger partial charge is 0.398 e. The molecule has 2 N–H and O–H groups in total. The summed E-state index contributed by atoms with van der Waals surface area (Å²) in [5.74, 6) is 0.800. The number of hydrogen-bond acceptors (Lipinski definition) is 2. The minimum atomic E-state index is 0.787. The first-order valence-corrected chi connectivity index (χ1v) is 5.80. The summed E-state index contributed by atoms with van der Waals surface area (Å²) in [5, 5.41) is 0.787. The summed E-state index contributed by atoms with van der Waals surface area (Å²) in [6.45, 7) is 5.49. The molecule has 1 atom stereocenters. The van der Waals surface area contributed by atoms with Crippen molar-refractivity contribution >= 4 is 17.3 Å². The van der Waals surface area contributed by atoms with E-state index in [1.165, 1.54) is 6.42 Å². The van der Waals surface area contributed by atoms with E-state index in [2.05, 4.69) is 11.8 Å². The van der Waals surface area contributed by atoms with E-state index in [0.717, 1.165) is 41.8 Å². The second-order valence-electron chi connectivity index (χ2n) is 4.44. The fourth-order valence-corrected chi connectivity index (χ4v) is 2.38. The minimum Gasteiger partial charge on any atom is -0.398 e. The summed E-state index contributed by atoms with van der Waals surface area (Å²) in [6, 6.07) is 5.72. The summed E-state index contributed by atoms with van der Waals surface area (Å²) in [4.78, 5) is 2.42. The Hall–Kier alpha value is -0.730. The molecule has 1 saturated heterocycles. The Labute approximate surface area is 96.0 Å². The molecular formula is C12H17ClN2. The third kappa shape index (κ3) is 2.44. The van der Waals surface area contributed by atoms with Crippen molar-refractivity contribution in [3.8, 4) is 0 Å². The number of nitrogens with zero attached hydrogens (tertiary/aromatic N) is 1. The number of hydrogen-bond donors (Lipinski definition) is 1. The van der Waals surface area contributed by atoms with Gasteiger partial charge < -0.3 is 5.73 Å². The van der Waals surface area contributed by atoms with Crippen molar-refractivity contribution in [2.75, 3.05) is 18.8 Å². The fourth-order valence-electron chi connectivity index (χ4n) is 2.14. The maximum absolute atomic E-state index is 6.14. The number of halogens is 1. The quantitative estimate of drug-likeness (QED) is 0.783. The van der Waals surface area contributed by atoms with E-state index in [-0.39, 0.29) is 0 Å². The number of likely N-dealkylation sites (tertiary alicyclic amines) is 1. The van der Waals surface area contributed by atoms with Crippen LogP contribution in [0.4, 0.5) is 5.69 Å². The lowest BCUT2D eigenvalue weighted by molar-refractivity contribution is 0.321. The second kappa shape index (κ2) is 4.42. The zero-order valence-electron chi connectivity index (χ0n) is 9.04. The number of nitrogens with two attached hydrogens (primary N) is 1. The first-order valence-electron chi connectivity index (χ1n) is 5.42. The zero-order valence-corrected chi connectivity index (χ0v) is 9.80. The van der Waals surface area contributed by atoms with Crippen LogP contribution >= 0.6 is 11.6 Å². The summed E-state index contributed by atoms with van der Waals surface area (Å²) >= 11 is 6.14. The number of rotatable bonds is 2. The smallest absolute Gasteiger partial charge is 0.0471 e. The van der Waals surface area contributed by atoms with Crippen molar-refractivity contribution in [3.05, 3.63) is 28.8 Å². The van der Waals surface area contributed by atoms with Gasteiger partial charge in [0.2, 0.25) is 0 Å². The third-order valence-electron chi connectivity index (χ3n) is 3.04. The predicted octanol–water partition coefficient (Wildman–Crippen LogP) is 2.76. The van der Waals surface area contributed by atoms with Gasteiger partial charge in [0.05, 0.1) is 0 Å². The van der Waals surface area contributed by atoms with Crippen LogP contribution in [0.2, 0.25) is 5.02 Å². The summed E-state index contributed by atoms with van der Waals surface area (Å²) in [5.41, 5.74) is 7.81. The minimum absolute atomic E-state index is 0.787. The van der Waals surface area contributed by atoms with Crippen molar-refractivity contribution in [3.63, 3.8) is 0 Å². The molecule has 1 heterocycles. The molecule has 0 radical (unpaired) electrons. The van der Waals surface area contributed by atoms with E-state index >= 15 is 0 Å². The van der Waals surface area contributed by atoms with Crippen LogP contribution in [0.1, 0.15) is 18.9 Å². The molecule has 15 heavy (non-hydrogen) atoms. The first kappa shape index (κ1) is 10.8. The van der Waals surface area contributed by atoms with Crippen LogP contribution in [-0.4, -0.2) is 18.0 Å². The van der Waals surface area contributed by atoms with Gasteiger partial charge in [-0.2, -0.15) is 0 Å². The van der Waals surface area contributed by atoms with Gasteiger partial charge in [-0.05, 0) is 31.0 Å².